The molecule has 0 saturated carbocycles. The van der Waals surface area contributed by atoms with Crippen LogP contribution in [-0.2, 0) is 0 Å². The molecule has 0 bridgehead atoms. The quantitative estimate of drug-likeness (QED) is 0.473. The molecule has 1 aromatic carbocycles. The summed E-state index contributed by atoms with van der Waals surface area (Å²) < 4.78 is 0. The van der Waals surface area contributed by atoms with Crippen LogP contribution in [0.1, 0.15) is 93.1 Å². The number of aliphatic hydroxyl groups excluding tert-OH is 1. The Kier molecular flexibility index (Phi) is 10.6. The van der Waals surface area contributed by atoms with Crippen molar-refractivity contribution in [1.29, 1.82) is 0 Å². The predicted molar refractivity (Wildman–Crippen MR) is 121 cm³/mol. The molecular weight excluding hydrogens is 336 g/mol. The third-order valence-electron chi connectivity index (χ3n) is 6.34. The average Bonchev–Trinajstić information content (AvgIpc) is 2.54. The Labute approximate surface area is 169 Å². The van der Waals surface area contributed by atoms with Crippen molar-refractivity contribution >= 4 is 12.6 Å². The molecule has 0 aliphatic rings. The van der Waals surface area contributed by atoms with Crippen LogP contribution in [0.25, 0.3) is 0 Å². The highest BCUT2D eigenvalue weighted by Crippen LogP contribution is 2.52. The number of unbranched alkanes of at least 4 members (excludes halogenated alkanes) is 1. The molecule has 1 nitrogen and oxygen atoms in total. The van der Waals surface area contributed by atoms with Crippen molar-refractivity contribution in [2.75, 3.05) is 6.61 Å². The Morgan fingerprint density at radius 3 is 1.81 bits per heavy atom. The summed E-state index contributed by atoms with van der Waals surface area (Å²) >= 11 is 4.89. The van der Waals surface area contributed by atoms with Crippen LogP contribution in [0.5, 0.6) is 0 Å². The fourth-order valence-electron chi connectivity index (χ4n) is 2.96. The molecule has 0 saturated heterocycles. The first-order valence-electron chi connectivity index (χ1n) is 10.1. The Balaban J connectivity index is 0.00000110. The van der Waals surface area contributed by atoms with Crippen LogP contribution in [0.4, 0.5) is 0 Å². The van der Waals surface area contributed by atoms with Crippen LogP contribution in [0.2, 0.25) is 0 Å². The molecule has 0 aliphatic heterocycles. The highest BCUT2D eigenvalue weighted by molar-refractivity contribution is 7.81. The summed E-state index contributed by atoms with van der Waals surface area (Å²) in [7, 11) is 0. The molecule has 2 unspecified atom stereocenters. The molecule has 1 aromatic rings. The van der Waals surface area contributed by atoms with Crippen molar-refractivity contribution in [3.8, 4) is 0 Å². The number of hydrogen-bond acceptors (Lipinski definition) is 2. The Bertz CT molecular complexity index is 483. The molecular formula is C24H44OS. The highest BCUT2D eigenvalue weighted by Gasteiger charge is 2.43. The lowest BCUT2D eigenvalue weighted by Crippen LogP contribution is -2.40. The van der Waals surface area contributed by atoms with Gasteiger partial charge in [0.15, 0.2) is 0 Å². The molecule has 0 aliphatic carbocycles. The maximum Gasteiger partial charge on any atom is 0.0430 e. The fraction of sp³-hybridized carbons (Fsp3) is 0.750. The van der Waals surface area contributed by atoms with Gasteiger partial charge in [-0.1, -0.05) is 99.1 Å². The maximum absolute atomic E-state index is 8.07. The second-order valence-electron chi connectivity index (χ2n) is 9.90. The van der Waals surface area contributed by atoms with Gasteiger partial charge in [0.1, 0.15) is 0 Å². The van der Waals surface area contributed by atoms with Gasteiger partial charge in [-0.05, 0) is 40.6 Å². The highest BCUT2D eigenvalue weighted by atomic mass is 32.1. The van der Waals surface area contributed by atoms with Gasteiger partial charge in [0.2, 0.25) is 0 Å². The Hall–Kier alpha value is -0.470. The van der Waals surface area contributed by atoms with E-state index in [-0.39, 0.29) is 16.2 Å². The molecule has 1 N–H and O–H groups in total. The van der Waals surface area contributed by atoms with Gasteiger partial charge in [0.25, 0.3) is 0 Å². The SMILES string of the molecule is CC(c1ccccc1)C(C)(C)C(C)(C)CC(S)C(C)(C)C.CCCCO. The zero-order chi connectivity index (χ0) is 20.6. The summed E-state index contributed by atoms with van der Waals surface area (Å²) in [6, 6.07) is 10.9. The molecule has 152 valence electrons. The number of benzene rings is 1. The minimum absolute atomic E-state index is 0.209. The lowest BCUT2D eigenvalue weighted by Gasteiger charge is -2.48. The zero-order valence-corrected chi connectivity index (χ0v) is 19.7. The van der Waals surface area contributed by atoms with Crippen molar-refractivity contribution in [1.82, 2.24) is 0 Å². The van der Waals surface area contributed by atoms with Crippen molar-refractivity contribution in [3.63, 3.8) is 0 Å². The van der Waals surface area contributed by atoms with Crippen LogP contribution in [0, 0.1) is 16.2 Å². The molecule has 0 heterocycles. The molecule has 0 aromatic heterocycles. The smallest absolute Gasteiger partial charge is 0.0430 e. The van der Waals surface area contributed by atoms with Crippen LogP contribution in [0.3, 0.4) is 0 Å². The second-order valence-corrected chi connectivity index (χ2v) is 10.5. The molecule has 0 amide bonds. The van der Waals surface area contributed by atoms with Crippen LogP contribution >= 0.6 is 12.6 Å². The van der Waals surface area contributed by atoms with Crippen molar-refractivity contribution < 1.29 is 5.11 Å². The molecule has 0 spiro atoms. The van der Waals surface area contributed by atoms with Gasteiger partial charge < -0.3 is 5.11 Å². The normalized spacial score (nSPS) is 15.0. The summed E-state index contributed by atoms with van der Waals surface area (Å²) in [6.45, 7) is 21.2. The van der Waals surface area contributed by atoms with Crippen molar-refractivity contribution in [2.24, 2.45) is 16.2 Å². The van der Waals surface area contributed by atoms with Gasteiger partial charge in [-0.2, -0.15) is 12.6 Å². The van der Waals surface area contributed by atoms with Crippen LogP contribution in [-0.4, -0.2) is 17.0 Å². The van der Waals surface area contributed by atoms with E-state index in [0.717, 1.165) is 19.3 Å². The van der Waals surface area contributed by atoms with Crippen LogP contribution in [0.15, 0.2) is 30.3 Å². The Morgan fingerprint density at radius 1 is 0.962 bits per heavy atom. The minimum Gasteiger partial charge on any atom is -0.396 e. The third-order valence-corrected chi connectivity index (χ3v) is 7.30. The minimum atomic E-state index is 0.209. The first-order chi connectivity index (χ1) is 11.8. The van der Waals surface area contributed by atoms with E-state index in [1.54, 1.807) is 0 Å². The summed E-state index contributed by atoms with van der Waals surface area (Å²) in [5.74, 6) is 0.522. The lowest BCUT2D eigenvalue weighted by molar-refractivity contribution is 0.0626. The molecule has 2 heteroatoms. The van der Waals surface area contributed by atoms with E-state index in [1.165, 1.54) is 5.56 Å². The summed E-state index contributed by atoms with van der Waals surface area (Å²) in [5, 5.41) is 8.48. The zero-order valence-electron chi connectivity index (χ0n) is 18.8. The topological polar surface area (TPSA) is 20.2 Å². The van der Waals surface area contributed by atoms with Gasteiger partial charge in [0, 0.05) is 11.9 Å². The monoisotopic (exact) mass is 380 g/mol. The van der Waals surface area contributed by atoms with E-state index < -0.39 is 0 Å². The van der Waals surface area contributed by atoms with Crippen molar-refractivity contribution in [2.45, 2.75) is 92.7 Å². The molecule has 26 heavy (non-hydrogen) atoms. The van der Waals surface area contributed by atoms with Crippen LogP contribution < -0.4 is 0 Å². The molecule has 1 rings (SSSR count). The first kappa shape index (κ1) is 25.5. The lowest BCUT2D eigenvalue weighted by atomic mass is 9.57. The predicted octanol–water partition coefficient (Wildman–Crippen LogP) is 7.36. The average molecular weight is 381 g/mol. The standard InChI is InChI=1S/C20H34S.C4H10O/c1-15(16-12-10-9-11-13-16)20(7,8)19(5,6)14-17(21)18(2,3)4;1-2-3-4-5/h9-13,15,17,21H,14H2,1-8H3;5H,2-4H2,1H3. The third kappa shape index (κ3) is 7.64. The number of thiol groups is 1. The summed E-state index contributed by atoms with van der Waals surface area (Å²) in [4.78, 5) is 0. The van der Waals surface area contributed by atoms with E-state index in [9.17, 15) is 0 Å². The van der Waals surface area contributed by atoms with Gasteiger partial charge in [0.05, 0.1) is 0 Å². The van der Waals surface area contributed by atoms with E-state index in [0.29, 0.717) is 17.8 Å². The maximum atomic E-state index is 8.07. The summed E-state index contributed by atoms with van der Waals surface area (Å²) in [6.07, 6.45) is 3.17. The molecule has 2 atom stereocenters. The molecule has 0 fully saturated rings. The Morgan fingerprint density at radius 2 is 1.46 bits per heavy atom. The van der Waals surface area contributed by atoms with E-state index in [1.807, 2.05) is 0 Å². The molecule has 0 radical (unpaired) electrons. The number of rotatable bonds is 7. The number of aliphatic hydroxyl groups is 1. The summed E-state index contributed by atoms with van der Waals surface area (Å²) in [5.41, 5.74) is 2.11. The van der Waals surface area contributed by atoms with E-state index in [2.05, 4.69) is 92.6 Å². The van der Waals surface area contributed by atoms with Crippen molar-refractivity contribution in [3.05, 3.63) is 35.9 Å². The van der Waals surface area contributed by atoms with E-state index in [4.69, 9.17) is 17.7 Å². The van der Waals surface area contributed by atoms with Gasteiger partial charge in [-0.25, -0.2) is 0 Å². The first-order valence-corrected chi connectivity index (χ1v) is 10.7. The number of hydrogen-bond donors (Lipinski definition) is 2. The van der Waals surface area contributed by atoms with E-state index >= 15 is 0 Å². The largest absolute Gasteiger partial charge is 0.396 e. The fourth-order valence-corrected chi connectivity index (χ4v) is 3.41. The van der Waals surface area contributed by atoms with Gasteiger partial charge >= 0.3 is 0 Å². The van der Waals surface area contributed by atoms with Gasteiger partial charge in [-0.3, -0.25) is 0 Å². The second kappa shape index (κ2) is 10.8. The van der Waals surface area contributed by atoms with Gasteiger partial charge in [-0.15, -0.1) is 0 Å².